The summed E-state index contributed by atoms with van der Waals surface area (Å²) in [6.07, 6.45) is -0.362. The highest BCUT2D eigenvalue weighted by molar-refractivity contribution is 7.85. The molecule has 0 bridgehead atoms. The molecule has 0 unspecified atom stereocenters. The number of hydrogen-bond donors (Lipinski definition) is 0. The van der Waals surface area contributed by atoms with E-state index >= 15 is 0 Å². The van der Waals surface area contributed by atoms with Crippen LogP contribution < -0.4 is 0 Å². The van der Waals surface area contributed by atoms with Gasteiger partial charge in [-0.3, -0.25) is 4.18 Å². The molecule has 78 valence electrons. The van der Waals surface area contributed by atoms with Crippen molar-refractivity contribution in [3.05, 3.63) is 11.7 Å². The minimum Gasteiger partial charge on any atom is -0.270 e. The standard InChI is InChI=1S/C7H12F2O3S/c1-6(7(8)9)4-3-5-12-13(2,10)11/h3-5H2,1-2H3. The average Bonchev–Trinajstić information content (AvgIpc) is 1.95. The Morgan fingerprint density at radius 3 is 2.31 bits per heavy atom. The normalized spacial score (nSPS) is 11.4. The van der Waals surface area contributed by atoms with E-state index in [4.69, 9.17) is 0 Å². The maximum atomic E-state index is 11.8. The van der Waals surface area contributed by atoms with Crippen molar-refractivity contribution < 1.29 is 21.4 Å². The van der Waals surface area contributed by atoms with Gasteiger partial charge in [-0.15, -0.1) is 0 Å². The summed E-state index contributed by atoms with van der Waals surface area (Å²) in [7, 11) is -3.45. The molecule has 13 heavy (non-hydrogen) atoms. The van der Waals surface area contributed by atoms with Crippen molar-refractivity contribution in [2.45, 2.75) is 19.8 Å². The van der Waals surface area contributed by atoms with Crippen LogP contribution in [0.25, 0.3) is 0 Å². The molecule has 0 amide bonds. The molecule has 0 aromatic rings. The van der Waals surface area contributed by atoms with E-state index in [1.165, 1.54) is 6.92 Å². The Bertz CT molecular complexity index is 278. The minimum atomic E-state index is -3.45. The van der Waals surface area contributed by atoms with E-state index in [0.717, 1.165) is 6.26 Å². The zero-order valence-electron chi connectivity index (χ0n) is 7.51. The molecule has 0 radical (unpaired) electrons. The first-order chi connectivity index (χ1) is 5.83. The Labute approximate surface area is 76.5 Å². The van der Waals surface area contributed by atoms with Gasteiger partial charge in [-0.1, -0.05) is 0 Å². The maximum Gasteiger partial charge on any atom is 0.269 e. The molecule has 0 rings (SSSR count). The van der Waals surface area contributed by atoms with Crippen molar-refractivity contribution in [2.24, 2.45) is 0 Å². The molecule has 3 nitrogen and oxygen atoms in total. The Balaban J connectivity index is 3.66. The van der Waals surface area contributed by atoms with E-state index in [1.807, 2.05) is 0 Å². The quantitative estimate of drug-likeness (QED) is 0.518. The first kappa shape index (κ1) is 12.5. The molecular formula is C7H12F2O3S. The fourth-order valence-electron chi connectivity index (χ4n) is 0.642. The highest BCUT2D eigenvalue weighted by Gasteiger charge is 2.03. The Kier molecular flexibility index (Phi) is 5.09. The third kappa shape index (κ3) is 7.86. The summed E-state index contributed by atoms with van der Waals surface area (Å²) in [5.74, 6) is 0. The van der Waals surface area contributed by atoms with E-state index in [0.29, 0.717) is 0 Å². The van der Waals surface area contributed by atoms with Crippen LogP contribution in [-0.4, -0.2) is 21.3 Å². The molecule has 0 saturated carbocycles. The first-order valence-electron chi connectivity index (χ1n) is 3.68. The monoisotopic (exact) mass is 214 g/mol. The van der Waals surface area contributed by atoms with Gasteiger partial charge in [-0.25, -0.2) is 0 Å². The minimum absolute atomic E-state index is 0.0305. The molecule has 0 N–H and O–H groups in total. The summed E-state index contributed by atoms with van der Waals surface area (Å²) in [5, 5.41) is 0. The second-order valence-electron chi connectivity index (χ2n) is 2.67. The summed E-state index contributed by atoms with van der Waals surface area (Å²) < 4.78 is 48.8. The molecule has 6 heteroatoms. The van der Waals surface area contributed by atoms with Crippen LogP contribution in [0, 0.1) is 0 Å². The molecule has 0 aliphatic heterocycles. The van der Waals surface area contributed by atoms with Gasteiger partial charge in [-0.2, -0.15) is 17.2 Å². The zero-order valence-corrected chi connectivity index (χ0v) is 8.33. The predicted octanol–water partition coefficient (Wildman–Crippen LogP) is 1.91. The molecular weight excluding hydrogens is 202 g/mol. The summed E-state index contributed by atoms with van der Waals surface area (Å²) in [5.41, 5.74) is -0.0305. The van der Waals surface area contributed by atoms with E-state index in [-0.39, 0.29) is 25.0 Å². The lowest BCUT2D eigenvalue weighted by Gasteiger charge is -2.00. The second-order valence-corrected chi connectivity index (χ2v) is 4.31. The topological polar surface area (TPSA) is 43.4 Å². The van der Waals surface area contributed by atoms with E-state index < -0.39 is 16.2 Å². The predicted molar refractivity (Wildman–Crippen MR) is 44.9 cm³/mol. The number of hydrogen-bond acceptors (Lipinski definition) is 3. The van der Waals surface area contributed by atoms with Gasteiger partial charge in [0.1, 0.15) is 0 Å². The van der Waals surface area contributed by atoms with Gasteiger partial charge in [0.15, 0.2) is 0 Å². The van der Waals surface area contributed by atoms with Crippen molar-refractivity contribution in [1.82, 2.24) is 0 Å². The average molecular weight is 214 g/mol. The summed E-state index contributed by atoms with van der Waals surface area (Å²) in [4.78, 5) is 0. The SMILES string of the molecule is CC(CCCOS(C)(=O)=O)=C(F)F. The Morgan fingerprint density at radius 2 is 1.92 bits per heavy atom. The number of halogens is 2. The fraction of sp³-hybridized carbons (Fsp3) is 0.714. The molecule has 0 aliphatic rings. The molecule has 0 heterocycles. The number of rotatable bonds is 5. The highest BCUT2D eigenvalue weighted by atomic mass is 32.2. The third-order valence-corrected chi connectivity index (χ3v) is 1.91. The van der Waals surface area contributed by atoms with Gasteiger partial charge in [-0.05, 0) is 25.3 Å². The molecule has 0 aromatic heterocycles. The van der Waals surface area contributed by atoms with Gasteiger partial charge >= 0.3 is 0 Å². The lowest BCUT2D eigenvalue weighted by atomic mass is 10.2. The van der Waals surface area contributed by atoms with Crippen LogP contribution in [-0.2, 0) is 14.3 Å². The third-order valence-electron chi connectivity index (χ3n) is 1.32. The van der Waals surface area contributed by atoms with Crippen molar-refractivity contribution in [2.75, 3.05) is 12.9 Å². The van der Waals surface area contributed by atoms with Gasteiger partial charge in [0.2, 0.25) is 0 Å². The van der Waals surface area contributed by atoms with E-state index in [1.54, 1.807) is 0 Å². The van der Waals surface area contributed by atoms with Crippen LogP contribution in [0.15, 0.2) is 11.7 Å². The summed E-state index contributed by atoms with van der Waals surface area (Å²) in [6, 6.07) is 0. The van der Waals surface area contributed by atoms with Gasteiger partial charge in [0.05, 0.1) is 12.9 Å². The second kappa shape index (κ2) is 5.29. The molecule has 0 aromatic carbocycles. The summed E-state index contributed by atoms with van der Waals surface area (Å²) >= 11 is 0. The lowest BCUT2D eigenvalue weighted by Crippen LogP contribution is -2.04. The van der Waals surface area contributed by atoms with Crippen LogP contribution in [0.2, 0.25) is 0 Å². The van der Waals surface area contributed by atoms with Crippen LogP contribution >= 0.6 is 0 Å². The molecule has 0 aliphatic carbocycles. The lowest BCUT2D eigenvalue weighted by molar-refractivity contribution is 0.313. The summed E-state index contributed by atoms with van der Waals surface area (Å²) in [6.45, 7) is 1.25. The van der Waals surface area contributed by atoms with Crippen molar-refractivity contribution in [3.63, 3.8) is 0 Å². The molecule has 0 atom stereocenters. The number of allylic oxidation sites excluding steroid dienone is 1. The Hall–Kier alpha value is -0.490. The van der Waals surface area contributed by atoms with Crippen LogP contribution in [0.5, 0.6) is 0 Å². The van der Waals surface area contributed by atoms with Gasteiger partial charge in [0.25, 0.3) is 16.2 Å². The van der Waals surface area contributed by atoms with Gasteiger partial charge in [0, 0.05) is 0 Å². The molecule has 0 spiro atoms. The fourth-order valence-corrected chi connectivity index (χ4v) is 1.06. The van der Waals surface area contributed by atoms with Gasteiger partial charge < -0.3 is 0 Å². The smallest absolute Gasteiger partial charge is 0.269 e. The van der Waals surface area contributed by atoms with Crippen molar-refractivity contribution in [1.29, 1.82) is 0 Å². The zero-order chi connectivity index (χ0) is 10.5. The van der Waals surface area contributed by atoms with Crippen LogP contribution in [0.1, 0.15) is 19.8 Å². The van der Waals surface area contributed by atoms with E-state index in [2.05, 4.69) is 4.18 Å². The van der Waals surface area contributed by atoms with Crippen LogP contribution in [0.4, 0.5) is 8.78 Å². The van der Waals surface area contributed by atoms with Crippen molar-refractivity contribution >= 4 is 10.1 Å². The molecule has 0 saturated heterocycles. The molecule has 0 fully saturated rings. The largest absolute Gasteiger partial charge is 0.270 e. The highest BCUT2D eigenvalue weighted by Crippen LogP contribution is 2.12. The Morgan fingerprint density at radius 1 is 1.38 bits per heavy atom. The van der Waals surface area contributed by atoms with Crippen LogP contribution in [0.3, 0.4) is 0 Å². The maximum absolute atomic E-state index is 11.8. The van der Waals surface area contributed by atoms with Crippen molar-refractivity contribution in [3.8, 4) is 0 Å². The first-order valence-corrected chi connectivity index (χ1v) is 5.49. The van der Waals surface area contributed by atoms with E-state index in [9.17, 15) is 17.2 Å².